The molecule has 1 aliphatic rings. The lowest BCUT2D eigenvalue weighted by Gasteiger charge is -2.42. The van der Waals surface area contributed by atoms with Gasteiger partial charge >= 0.3 is 0 Å². The topological polar surface area (TPSA) is 21.7 Å². The Morgan fingerprint density at radius 3 is 1.38 bits per heavy atom. The van der Waals surface area contributed by atoms with Crippen molar-refractivity contribution in [3.8, 4) is 0 Å². The molecule has 48 heavy (non-hydrogen) atoms. The van der Waals surface area contributed by atoms with E-state index >= 15 is 0 Å². The van der Waals surface area contributed by atoms with E-state index in [-0.39, 0.29) is 5.79 Å². The largest absolute Gasteiger partial charge is 0.350 e. The van der Waals surface area contributed by atoms with E-state index < -0.39 is 0 Å². The highest BCUT2D eigenvalue weighted by molar-refractivity contribution is 4.93. The lowest BCUT2D eigenvalue weighted by Crippen LogP contribution is -2.45. The summed E-state index contributed by atoms with van der Waals surface area (Å²) in [7, 11) is 4.35. The molecule has 1 fully saturated rings. The van der Waals surface area contributed by atoms with E-state index in [1.807, 2.05) is 0 Å². The SMILES string of the molecule is CCCCC/C=C\C/C=C\CCCCCCCCC1(CCCCCCCC/C=C\C/C=C\CCCCC)OCCC(CCCN(C)C)O1. The number of hydrogen-bond acceptors (Lipinski definition) is 3. The minimum Gasteiger partial charge on any atom is -0.350 e. The number of ether oxygens (including phenoxy) is 2. The third-order valence-electron chi connectivity index (χ3n) is 9.83. The molecule has 0 radical (unpaired) electrons. The Kier molecular flexibility index (Phi) is 32.1. The smallest absolute Gasteiger partial charge is 0.168 e. The van der Waals surface area contributed by atoms with Gasteiger partial charge in [-0.1, -0.05) is 140 Å². The first-order chi connectivity index (χ1) is 23.6. The van der Waals surface area contributed by atoms with Gasteiger partial charge in [-0.3, -0.25) is 0 Å². The summed E-state index contributed by atoms with van der Waals surface area (Å²) in [4.78, 5) is 2.29. The molecule has 280 valence electrons. The highest BCUT2D eigenvalue weighted by Gasteiger charge is 2.37. The van der Waals surface area contributed by atoms with E-state index in [1.54, 1.807) is 0 Å². The van der Waals surface area contributed by atoms with E-state index in [1.165, 1.54) is 148 Å². The van der Waals surface area contributed by atoms with Gasteiger partial charge in [0, 0.05) is 12.8 Å². The fraction of sp³-hybridized carbons (Fsp3) is 0.822. The molecule has 0 aromatic heterocycles. The summed E-state index contributed by atoms with van der Waals surface area (Å²) in [6.45, 7) is 6.56. The van der Waals surface area contributed by atoms with Gasteiger partial charge in [-0.25, -0.2) is 0 Å². The summed E-state index contributed by atoms with van der Waals surface area (Å²) >= 11 is 0. The molecule has 0 N–H and O–H groups in total. The van der Waals surface area contributed by atoms with Gasteiger partial charge in [-0.2, -0.15) is 0 Å². The highest BCUT2D eigenvalue weighted by atomic mass is 16.7. The average molecular weight is 670 g/mol. The Labute approximate surface area is 301 Å². The molecule has 1 aliphatic heterocycles. The molecule has 0 aliphatic carbocycles. The van der Waals surface area contributed by atoms with Crippen molar-refractivity contribution < 1.29 is 9.47 Å². The summed E-state index contributed by atoms with van der Waals surface area (Å²) < 4.78 is 13.4. The Bertz CT molecular complexity index is 734. The molecule has 1 unspecified atom stereocenters. The number of allylic oxidation sites excluding steroid dienone is 8. The van der Waals surface area contributed by atoms with Crippen LogP contribution in [0.1, 0.15) is 200 Å². The second kappa shape index (κ2) is 34.3. The molecule has 0 aromatic carbocycles. The minimum atomic E-state index is -0.328. The van der Waals surface area contributed by atoms with Crippen LogP contribution in [0.2, 0.25) is 0 Å². The molecule has 0 saturated carbocycles. The predicted octanol–water partition coefficient (Wildman–Crippen LogP) is 14.2. The van der Waals surface area contributed by atoms with Crippen molar-refractivity contribution in [3.63, 3.8) is 0 Å². The molecule has 1 saturated heterocycles. The van der Waals surface area contributed by atoms with Crippen molar-refractivity contribution in [1.29, 1.82) is 0 Å². The number of hydrogen-bond donors (Lipinski definition) is 0. The van der Waals surface area contributed by atoms with E-state index in [9.17, 15) is 0 Å². The zero-order valence-electron chi connectivity index (χ0n) is 32.9. The second-order valence-corrected chi connectivity index (χ2v) is 14.9. The lowest BCUT2D eigenvalue weighted by molar-refractivity contribution is -0.301. The molecule has 1 rings (SSSR count). The Morgan fingerprint density at radius 1 is 0.521 bits per heavy atom. The quantitative estimate of drug-likeness (QED) is 0.0503. The molecule has 1 heterocycles. The second-order valence-electron chi connectivity index (χ2n) is 14.9. The zero-order chi connectivity index (χ0) is 34.6. The Balaban J connectivity index is 2.25. The van der Waals surface area contributed by atoms with Crippen LogP contribution in [-0.4, -0.2) is 44.0 Å². The van der Waals surface area contributed by atoms with Crippen molar-refractivity contribution in [2.24, 2.45) is 0 Å². The van der Waals surface area contributed by atoms with Crippen molar-refractivity contribution in [2.45, 2.75) is 212 Å². The van der Waals surface area contributed by atoms with E-state index in [2.05, 4.69) is 81.5 Å². The normalized spacial score (nSPS) is 17.0. The third-order valence-corrected chi connectivity index (χ3v) is 9.83. The van der Waals surface area contributed by atoms with Crippen molar-refractivity contribution in [1.82, 2.24) is 4.90 Å². The van der Waals surface area contributed by atoms with Crippen molar-refractivity contribution >= 4 is 0 Å². The number of nitrogens with zero attached hydrogens (tertiary/aromatic N) is 1. The molecule has 1 atom stereocenters. The third kappa shape index (κ3) is 28.7. The van der Waals surface area contributed by atoms with Crippen LogP contribution in [0, 0.1) is 0 Å². The van der Waals surface area contributed by atoms with E-state index in [4.69, 9.17) is 9.47 Å². The Hall–Kier alpha value is -1.16. The van der Waals surface area contributed by atoms with Gasteiger partial charge < -0.3 is 14.4 Å². The molecule has 0 spiro atoms. The molecule has 0 amide bonds. The van der Waals surface area contributed by atoms with Crippen LogP contribution < -0.4 is 0 Å². The van der Waals surface area contributed by atoms with Crippen LogP contribution in [0.3, 0.4) is 0 Å². The molecule has 0 bridgehead atoms. The molecule has 3 heteroatoms. The van der Waals surface area contributed by atoms with Gasteiger partial charge in [-0.05, 0) is 117 Å². The summed E-state index contributed by atoms with van der Waals surface area (Å²) in [6, 6.07) is 0. The monoisotopic (exact) mass is 670 g/mol. The lowest BCUT2D eigenvalue weighted by atomic mass is 9.96. The fourth-order valence-corrected chi connectivity index (χ4v) is 6.76. The molecule has 0 aromatic rings. The first kappa shape index (κ1) is 44.9. The maximum absolute atomic E-state index is 6.84. The van der Waals surface area contributed by atoms with Crippen LogP contribution in [0.25, 0.3) is 0 Å². The van der Waals surface area contributed by atoms with Crippen LogP contribution in [0.15, 0.2) is 48.6 Å². The number of rotatable bonds is 34. The van der Waals surface area contributed by atoms with Gasteiger partial charge in [-0.15, -0.1) is 0 Å². The van der Waals surface area contributed by atoms with Crippen molar-refractivity contribution in [2.75, 3.05) is 27.2 Å². The zero-order valence-corrected chi connectivity index (χ0v) is 32.9. The van der Waals surface area contributed by atoms with E-state index in [0.717, 1.165) is 51.7 Å². The van der Waals surface area contributed by atoms with Crippen molar-refractivity contribution in [3.05, 3.63) is 48.6 Å². The van der Waals surface area contributed by atoms with Crippen LogP contribution in [0.4, 0.5) is 0 Å². The van der Waals surface area contributed by atoms with Crippen LogP contribution in [0.5, 0.6) is 0 Å². The Morgan fingerprint density at radius 2 is 0.938 bits per heavy atom. The summed E-state index contributed by atoms with van der Waals surface area (Å²) in [6.07, 6.45) is 55.9. The van der Waals surface area contributed by atoms with Gasteiger partial charge in [0.1, 0.15) is 0 Å². The molecular formula is C45H83NO2. The van der Waals surface area contributed by atoms with Crippen LogP contribution in [-0.2, 0) is 9.47 Å². The average Bonchev–Trinajstić information content (AvgIpc) is 3.08. The first-order valence-corrected chi connectivity index (χ1v) is 21.2. The maximum Gasteiger partial charge on any atom is 0.168 e. The maximum atomic E-state index is 6.84. The molecular weight excluding hydrogens is 587 g/mol. The summed E-state index contributed by atoms with van der Waals surface area (Å²) in [5.74, 6) is -0.328. The van der Waals surface area contributed by atoms with Crippen LogP contribution >= 0.6 is 0 Å². The predicted molar refractivity (Wildman–Crippen MR) is 214 cm³/mol. The standard InChI is InChI=1S/C45H83NO2/c1-5-7-9-11-13-15-17-19-21-23-25-27-29-31-33-35-40-45(47-43-39-44(48-45)38-37-42-46(3)4)41-36-34-32-30-28-26-24-22-20-18-16-14-12-10-8-6-2/h13-16,19-22,44H,5-12,17-18,23-43H2,1-4H3/b15-13-,16-14-,21-19-,22-20-. The highest BCUT2D eigenvalue weighted by Crippen LogP contribution is 2.35. The van der Waals surface area contributed by atoms with Gasteiger partial charge in [0.2, 0.25) is 0 Å². The van der Waals surface area contributed by atoms with Gasteiger partial charge in [0.25, 0.3) is 0 Å². The summed E-state index contributed by atoms with van der Waals surface area (Å²) in [5, 5.41) is 0. The first-order valence-electron chi connectivity index (χ1n) is 21.2. The molecule has 3 nitrogen and oxygen atoms in total. The summed E-state index contributed by atoms with van der Waals surface area (Å²) in [5.41, 5.74) is 0. The van der Waals surface area contributed by atoms with Gasteiger partial charge in [0.15, 0.2) is 5.79 Å². The fourth-order valence-electron chi connectivity index (χ4n) is 6.76. The van der Waals surface area contributed by atoms with E-state index in [0.29, 0.717) is 6.10 Å². The minimum absolute atomic E-state index is 0.328. The van der Waals surface area contributed by atoms with Gasteiger partial charge in [0.05, 0.1) is 12.7 Å². The number of unbranched alkanes of at least 4 members (excludes halogenated alkanes) is 18.